The zero-order chi connectivity index (χ0) is 13.5. The molecule has 0 saturated heterocycles. The molecule has 7 nitrogen and oxygen atoms in total. The number of methoxy groups -OCH3 is 2. The number of ether oxygens (including phenoxy) is 2. The zero-order valence-corrected chi connectivity index (χ0v) is 10.4. The molecule has 18 heavy (non-hydrogen) atoms. The predicted molar refractivity (Wildman–Crippen MR) is 61.7 cm³/mol. The van der Waals surface area contributed by atoms with Crippen LogP contribution in [0.3, 0.4) is 0 Å². The van der Waals surface area contributed by atoms with Crippen LogP contribution in [-0.2, 0) is 4.79 Å². The van der Waals surface area contributed by atoms with Crippen molar-refractivity contribution in [3.63, 3.8) is 0 Å². The SMILES string of the molecule is COc1ccc(N=NN(C)CC(=O)[O-])c(OC)c1. The maximum absolute atomic E-state index is 10.3. The van der Waals surface area contributed by atoms with Crippen molar-refractivity contribution < 1.29 is 19.4 Å². The van der Waals surface area contributed by atoms with Gasteiger partial charge in [0.05, 0.1) is 26.7 Å². The summed E-state index contributed by atoms with van der Waals surface area (Å²) in [4.78, 5) is 10.3. The molecule has 0 spiro atoms. The number of carboxylic acids is 1. The molecule has 0 saturated carbocycles. The number of nitrogens with zero attached hydrogens (tertiary/aromatic N) is 3. The lowest BCUT2D eigenvalue weighted by atomic mass is 10.3. The number of carboxylic acid groups (broad SMARTS) is 1. The maximum atomic E-state index is 10.3. The molecule has 0 radical (unpaired) electrons. The van der Waals surface area contributed by atoms with E-state index in [2.05, 4.69) is 10.3 Å². The molecule has 0 aliphatic rings. The summed E-state index contributed by atoms with van der Waals surface area (Å²) in [7, 11) is 4.53. The van der Waals surface area contributed by atoms with Crippen molar-refractivity contribution in [2.75, 3.05) is 27.8 Å². The van der Waals surface area contributed by atoms with E-state index in [1.54, 1.807) is 25.3 Å². The van der Waals surface area contributed by atoms with Crippen molar-refractivity contribution in [1.82, 2.24) is 5.01 Å². The second-order valence-electron chi connectivity index (χ2n) is 3.41. The molecule has 0 unspecified atom stereocenters. The fourth-order valence-electron chi connectivity index (χ4n) is 1.21. The van der Waals surface area contributed by atoms with Crippen molar-refractivity contribution in [3.8, 4) is 11.5 Å². The first-order chi connectivity index (χ1) is 8.56. The summed E-state index contributed by atoms with van der Waals surface area (Å²) < 4.78 is 10.2. The van der Waals surface area contributed by atoms with Crippen molar-refractivity contribution in [2.24, 2.45) is 10.3 Å². The topological polar surface area (TPSA) is 86.6 Å². The molecule has 0 N–H and O–H groups in total. The average molecular weight is 252 g/mol. The molecule has 0 bridgehead atoms. The molecular formula is C11H14N3O4-. The number of likely N-dealkylation sites (N-methyl/N-ethyl adjacent to an activating group) is 1. The molecule has 1 rings (SSSR count). The minimum atomic E-state index is -1.22. The van der Waals surface area contributed by atoms with Crippen LogP contribution < -0.4 is 14.6 Å². The van der Waals surface area contributed by atoms with Gasteiger partial charge in [0.2, 0.25) is 0 Å². The van der Waals surface area contributed by atoms with Crippen LogP contribution in [0.1, 0.15) is 0 Å². The van der Waals surface area contributed by atoms with Crippen molar-refractivity contribution in [1.29, 1.82) is 0 Å². The highest BCUT2D eigenvalue weighted by molar-refractivity contribution is 5.66. The Kier molecular flexibility index (Phi) is 4.91. The predicted octanol–water partition coefficient (Wildman–Crippen LogP) is 0.384. The molecule has 0 amide bonds. The van der Waals surface area contributed by atoms with Crippen LogP contribution in [0.2, 0.25) is 0 Å². The van der Waals surface area contributed by atoms with E-state index in [-0.39, 0.29) is 6.54 Å². The van der Waals surface area contributed by atoms with Gasteiger partial charge in [-0.3, -0.25) is 5.01 Å². The summed E-state index contributed by atoms with van der Waals surface area (Å²) in [6.45, 7) is -0.331. The molecule has 0 heterocycles. The highest BCUT2D eigenvalue weighted by Gasteiger charge is 2.04. The van der Waals surface area contributed by atoms with Crippen molar-refractivity contribution >= 4 is 11.7 Å². The minimum Gasteiger partial charge on any atom is -0.548 e. The van der Waals surface area contributed by atoms with Crippen LogP contribution in [0.5, 0.6) is 11.5 Å². The van der Waals surface area contributed by atoms with Gasteiger partial charge in [-0.05, 0) is 12.1 Å². The molecule has 7 heteroatoms. The standard InChI is InChI=1S/C11H15N3O4/c1-14(7-11(15)16)13-12-9-5-4-8(17-2)6-10(9)18-3/h4-6H,7H2,1-3H3,(H,15,16)/p-1. The Hall–Kier alpha value is -2.31. The van der Waals surface area contributed by atoms with Crippen LogP contribution in [0, 0.1) is 0 Å². The van der Waals surface area contributed by atoms with E-state index in [0.717, 1.165) is 5.01 Å². The lowest BCUT2D eigenvalue weighted by Crippen LogP contribution is -2.33. The van der Waals surface area contributed by atoms with Gasteiger partial charge < -0.3 is 19.4 Å². The highest BCUT2D eigenvalue weighted by Crippen LogP contribution is 2.31. The Balaban J connectivity index is 2.83. The molecule has 0 atom stereocenters. The summed E-state index contributed by atoms with van der Waals surface area (Å²) in [5.74, 6) is -0.105. The molecule has 0 aliphatic carbocycles. The zero-order valence-electron chi connectivity index (χ0n) is 10.4. The average Bonchev–Trinajstić information content (AvgIpc) is 2.35. The number of hydrogen-bond donors (Lipinski definition) is 0. The van der Waals surface area contributed by atoms with E-state index in [0.29, 0.717) is 17.2 Å². The van der Waals surface area contributed by atoms with Gasteiger partial charge in [0.25, 0.3) is 0 Å². The number of carbonyl (C=O) groups excluding carboxylic acids is 1. The largest absolute Gasteiger partial charge is 0.548 e. The fourth-order valence-corrected chi connectivity index (χ4v) is 1.21. The van der Waals surface area contributed by atoms with Gasteiger partial charge in [-0.2, -0.15) is 0 Å². The second kappa shape index (κ2) is 6.43. The monoisotopic (exact) mass is 252 g/mol. The van der Waals surface area contributed by atoms with E-state index in [1.165, 1.54) is 14.2 Å². The Labute approximate surface area is 105 Å². The molecule has 1 aromatic rings. The normalized spacial score (nSPS) is 10.4. The Morgan fingerprint density at radius 1 is 1.39 bits per heavy atom. The number of carbonyl (C=O) groups is 1. The van der Waals surface area contributed by atoms with Crippen molar-refractivity contribution in [3.05, 3.63) is 18.2 Å². The number of rotatable bonds is 6. The van der Waals surface area contributed by atoms with E-state index in [1.807, 2.05) is 0 Å². The molecule has 0 fully saturated rings. The first-order valence-electron chi connectivity index (χ1n) is 5.11. The Morgan fingerprint density at radius 2 is 2.11 bits per heavy atom. The lowest BCUT2D eigenvalue weighted by Gasteiger charge is -2.11. The van der Waals surface area contributed by atoms with Gasteiger partial charge in [-0.1, -0.05) is 5.22 Å². The first-order valence-corrected chi connectivity index (χ1v) is 5.11. The third-order valence-electron chi connectivity index (χ3n) is 2.05. The summed E-state index contributed by atoms with van der Waals surface area (Å²) in [6, 6.07) is 5.02. The van der Waals surface area contributed by atoms with Crippen LogP contribution in [0.25, 0.3) is 0 Å². The quantitative estimate of drug-likeness (QED) is 0.539. The van der Waals surface area contributed by atoms with Gasteiger partial charge >= 0.3 is 0 Å². The molecule has 98 valence electrons. The van der Waals surface area contributed by atoms with Gasteiger partial charge in [0.1, 0.15) is 17.2 Å². The van der Waals surface area contributed by atoms with Crippen LogP contribution in [0.15, 0.2) is 28.5 Å². The third kappa shape index (κ3) is 3.93. The van der Waals surface area contributed by atoms with Crippen LogP contribution in [-0.4, -0.2) is 38.8 Å². The van der Waals surface area contributed by atoms with Crippen LogP contribution >= 0.6 is 0 Å². The molecular weight excluding hydrogens is 238 g/mol. The Bertz CT molecular complexity index is 448. The maximum Gasteiger partial charge on any atom is 0.150 e. The van der Waals surface area contributed by atoms with Crippen LogP contribution in [0.4, 0.5) is 5.69 Å². The van der Waals surface area contributed by atoms with E-state index < -0.39 is 5.97 Å². The minimum absolute atomic E-state index is 0.331. The molecule has 1 aromatic carbocycles. The Morgan fingerprint density at radius 3 is 2.67 bits per heavy atom. The third-order valence-corrected chi connectivity index (χ3v) is 2.05. The van der Waals surface area contributed by atoms with Crippen molar-refractivity contribution in [2.45, 2.75) is 0 Å². The van der Waals surface area contributed by atoms with E-state index in [9.17, 15) is 9.90 Å². The number of hydrogen-bond acceptors (Lipinski definition) is 6. The second-order valence-corrected chi connectivity index (χ2v) is 3.41. The van der Waals surface area contributed by atoms with Gasteiger partial charge in [0, 0.05) is 13.1 Å². The molecule has 0 aliphatic heterocycles. The summed E-state index contributed by atoms with van der Waals surface area (Å²) in [5.41, 5.74) is 0.475. The number of aliphatic carboxylic acids is 1. The summed E-state index contributed by atoms with van der Waals surface area (Å²) in [6.07, 6.45) is 0. The van der Waals surface area contributed by atoms with Gasteiger partial charge in [0.15, 0.2) is 0 Å². The first kappa shape index (κ1) is 13.8. The summed E-state index contributed by atoms with van der Waals surface area (Å²) >= 11 is 0. The van der Waals surface area contributed by atoms with Gasteiger partial charge in [-0.15, -0.1) is 5.11 Å². The highest BCUT2D eigenvalue weighted by atomic mass is 16.5. The summed E-state index contributed by atoms with van der Waals surface area (Å²) in [5, 5.41) is 19.1. The van der Waals surface area contributed by atoms with E-state index >= 15 is 0 Å². The number of benzene rings is 1. The lowest BCUT2D eigenvalue weighted by molar-refractivity contribution is -0.306. The fraction of sp³-hybridized carbons (Fsp3) is 0.364. The van der Waals surface area contributed by atoms with Gasteiger partial charge in [-0.25, -0.2) is 0 Å². The molecule has 0 aromatic heterocycles. The van der Waals surface area contributed by atoms with E-state index in [4.69, 9.17) is 9.47 Å². The smallest absolute Gasteiger partial charge is 0.150 e.